The summed E-state index contributed by atoms with van der Waals surface area (Å²) < 4.78 is 27.1. The lowest BCUT2D eigenvalue weighted by molar-refractivity contribution is 0.0953. The molecule has 1 heterocycles. The summed E-state index contributed by atoms with van der Waals surface area (Å²) in [6.45, 7) is 1.38. The Labute approximate surface area is 140 Å². The molecule has 3 N–H and O–H groups in total. The van der Waals surface area contributed by atoms with Gasteiger partial charge in [0.25, 0.3) is 15.9 Å². The van der Waals surface area contributed by atoms with Gasteiger partial charge in [-0.1, -0.05) is 12.1 Å². The molecule has 0 aliphatic rings. The molecule has 23 heavy (non-hydrogen) atoms. The van der Waals surface area contributed by atoms with Crippen molar-refractivity contribution < 1.29 is 13.2 Å². The second-order valence-electron chi connectivity index (χ2n) is 4.83. The molecule has 1 aromatic carbocycles. The molecule has 0 aliphatic carbocycles. The average molecular weight is 353 g/mol. The standard InChI is InChI=1S/C15H19N3O3S2/c1-16-8-4-9-17-15(19)12-5-2-6-13(11-12)18-23(20,21)14-7-3-10-22-14/h2-3,5-7,10-11,16,18H,4,8-9H2,1H3,(H,17,19). The molecule has 124 valence electrons. The first-order valence-electron chi connectivity index (χ1n) is 7.12. The monoisotopic (exact) mass is 353 g/mol. The van der Waals surface area contributed by atoms with Crippen LogP contribution in [0.15, 0.2) is 46.0 Å². The summed E-state index contributed by atoms with van der Waals surface area (Å²) >= 11 is 1.14. The van der Waals surface area contributed by atoms with Crippen LogP contribution in [0.1, 0.15) is 16.8 Å². The third kappa shape index (κ3) is 5.05. The highest BCUT2D eigenvalue weighted by atomic mass is 32.2. The third-order valence-electron chi connectivity index (χ3n) is 3.03. The average Bonchev–Trinajstić information content (AvgIpc) is 3.06. The SMILES string of the molecule is CNCCCNC(=O)c1cccc(NS(=O)(=O)c2cccs2)c1. The van der Waals surface area contributed by atoms with Crippen molar-refractivity contribution in [2.75, 3.05) is 24.9 Å². The quantitative estimate of drug-likeness (QED) is 0.633. The topological polar surface area (TPSA) is 87.3 Å². The van der Waals surface area contributed by atoms with Gasteiger partial charge in [-0.25, -0.2) is 8.42 Å². The van der Waals surface area contributed by atoms with E-state index < -0.39 is 10.0 Å². The molecule has 0 fully saturated rings. The van der Waals surface area contributed by atoms with E-state index in [0.717, 1.165) is 24.3 Å². The van der Waals surface area contributed by atoms with Gasteiger partial charge in [0.15, 0.2) is 0 Å². The molecular formula is C15H19N3O3S2. The normalized spacial score (nSPS) is 11.2. The molecular weight excluding hydrogens is 334 g/mol. The van der Waals surface area contributed by atoms with Crippen LogP contribution in [0.3, 0.4) is 0 Å². The molecule has 0 saturated carbocycles. The highest BCUT2D eigenvalue weighted by Crippen LogP contribution is 2.20. The Hall–Kier alpha value is -1.90. The zero-order valence-electron chi connectivity index (χ0n) is 12.7. The molecule has 0 aliphatic heterocycles. The van der Waals surface area contributed by atoms with Crippen LogP contribution in [0, 0.1) is 0 Å². The molecule has 2 aromatic rings. The van der Waals surface area contributed by atoms with Gasteiger partial charge in [-0.3, -0.25) is 9.52 Å². The van der Waals surface area contributed by atoms with E-state index in [1.165, 1.54) is 12.1 Å². The molecule has 1 aromatic heterocycles. The Morgan fingerprint density at radius 2 is 2.00 bits per heavy atom. The number of sulfonamides is 1. The summed E-state index contributed by atoms with van der Waals surface area (Å²) in [7, 11) is -1.76. The Morgan fingerprint density at radius 3 is 2.70 bits per heavy atom. The van der Waals surface area contributed by atoms with Gasteiger partial charge in [-0.05, 0) is 49.7 Å². The van der Waals surface area contributed by atoms with Crippen molar-refractivity contribution in [1.82, 2.24) is 10.6 Å². The molecule has 0 radical (unpaired) electrons. The lowest BCUT2D eigenvalue weighted by Crippen LogP contribution is -2.26. The highest BCUT2D eigenvalue weighted by molar-refractivity contribution is 7.94. The molecule has 0 bridgehead atoms. The van der Waals surface area contributed by atoms with Gasteiger partial charge in [-0.2, -0.15) is 0 Å². The Balaban J connectivity index is 2.04. The smallest absolute Gasteiger partial charge is 0.271 e. The van der Waals surface area contributed by atoms with Gasteiger partial charge in [0.1, 0.15) is 4.21 Å². The van der Waals surface area contributed by atoms with Crippen LogP contribution in [0.25, 0.3) is 0 Å². The van der Waals surface area contributed by atoms with E-state index >= 15 is 0 Å². The van der Waals surface area contributed by atoms with Crippen LogP contribution < -0.4 is 15.4 Å². The number of benzene rings is 1. The van der Waals surface area contributed by atoms with Crippen molar-refractivity contribution in [2.45, 2.75) is 10.6 Å². The van der Waals surface area contributed by atoms with Crippen LogP contribution in [0.5, 0.6) is 0 Å². The Bertz CT molecular complexity index is 743. The summed E-state index contributed by atoms with van der Waals surface area (Å²) in [5.74, 6) is -0.224. The zero-order valence-corrected chi connectivity index (χ0v) is 14.3. The zero-order chi connectivity index (χ0) is 16.7. The first kappa shape index (κ1) is 17.5. The van der Waals surface area contributed by atoms with Gasteiger partial charge in [0.2, 0.25) is 0 Å². The number of carbonyl (C=O) groups excluding carboxylic acids is 1. The van der Waals surface area contributed by atoms with Crippen LogP contribution in [0.4, 0.5) is 5.69 Å². The molecule has 8 heteroatoms. The van der Waals surface area contributed by atoms with Crippen LogP contribution in [-0.4, -0.2) is 34.5 Å². The molecule has 0 spiro atoms. The van der Waals surface area contributed by atoms with E-state index in [2.05, 4.69) is 15.4 Å². The number of thiophene rings is 1. The molecule has 0 unspecified atom stereocenters. The largest absolute Gasteiger partial charge is 0.352 e. The number of nitrogens with one attached hydrogen (secondary N) is 3. The van der Waals surface area contributed by atoms with Crippen molar-refractivity contribution in [2.24, 2.45) is 0 Å². The minimum atomic E-state index is -3.61. The molecule has 0 saturated heterocycles. The van der Waals surface area contributed by atoms with E-state index in [0.29, 0.717) is 17.8 Å². The van der Waals surface area contributed by atoms with Crippen LogP contribution in [0.2, 0.25) is 0 Å². The van der Waals surface area contributed by atoms with E-state index in [1.54, 1.807) is 29.6 Å². The molecule has 0 atom stereocenters. The Morgan fingerprint density at radius 1 is 1.17 bits per heavy atom. The first-order valence-corrected chi connectivity index (χ1v) is 9.48. The van der Waals surface area contributed by atoms with Crippen molar-refractivity contribution >= 4 is 33.0 Å². The van der Waals surface area contributed by atoms with Gasteiger partial charge < -0.3 is 10.6 Å². The fraction of sp³-hybridized carbons (Fsp3) is 0.267. The fourth-order valence-corrected chi connectivity index (χ4v) is 3.96. The maximum Gasteiger partial charge on any atom is 0.271 e. The van der Waals surface area contributed by atoms with Gasteiger partial charge in [0, 0.05) is 17.8 Å². The van der Waals surface area contributed by atoms with E-state index in [9.17, 15) is 13.2 Å². The van der Waals surface area contributed by atoms with E-state index in [1.807, 2.05) is 7.05 Å². The van der Waals surface area contributed by atoms with Crippen molar-refractivity contribution in [3.05, 3.63) is 47.3 Å². The predicted molar refractivity (Wildman–Crippen MR) is 92.4 cm³/mol. The minimum Gasteiger partial charge on any atom is -0.352 e. The van der Waals surface area contributed by atoms with Crippen LogP contribution in [-0.2, 0) is 10.0 Å². The van der Waals surface area contributed by atoms with Gasteiger partial charge in [-0.15, -0.1) is 11.3 Å². The fourth-order valence-electron chi connectivity index (χ4n) is 1.91. The lowest BCUT2D eigenvalue weighted by atomic mass is 10.2. The molecule has 2 rings (SSSR count). The second kappa shape index (κ2) is 8.09. The van der Waals surface area contributed by atoms with Crippen molar-refractivity contribution in [1.29, 1.82) is 0 Å². The predicted octanol–water partition coefficient (Wildman–Crippen LogP) is 1.89. The molecule has 1 amide bonds. The van der Waals surface area contributed by atoms with Gasteiger partial charge >= 0.3 is 0 Å². The summed E-state index contributed by atoms with van der Waals surface area (Å²) in [5.41, 5.74) is 0.780. The first-order chi connectivity index (χ1) is 11.0. The summed E-state index contributed by atoms with van der Waals surface area (Å²) in [4.78, 5) is 12.0. The van der Waals surface area contributed by atoms with Crippen molar-refractivity contribution in [3.63, 3.8) is 0 Å². The maximum absolute atomic E-state index is 12.2. The second-order valence-corrected chi connectivity index (χ2v) is 7.69. The van der Waals surface area contributed by atoms with Gasteiger partial charge in [0.05, 0.1) is 0 Å². The lowest BCUT2D eigenvalue weighted by Gasteiger charge is -2.09. The van der Waals surface area contributed by atoms with Crippen LogP contribution >= 0.6 is 11.3 Å². The summed E-state index contributed by atoms with van der Waals surface area (Å²) in [5, 5.41) is 7.50. The number of amides is 1. The third-order valence-corrected chi connectivity index (χ3v) is 5.80. The summed E-state index contributed by atoms with van der Waals surface area (Å²) in [6.07, 6.45) is 0.826. The number of rotatable bonds is 8. The highest BCUT2D eigenvalue weighted by Gasteiger charge is 2.15. The summed E-state index contributed by atoms with van der Waals surface area (Å²) in [6, 6.07) is 9.65. The number of carbonyl (C=O) groups is 1. The Kier molecular flexibility index (Phi) is 6.14. The number of hydrogen-bond acceptors (Lipinski definition) is 5. The minimum absolute atomic E-state index is 0.224. The number of hydrogen-bond donors (Lipinski definition) is 3. The molecule has 6 nitrogen and oxygen atoms in total. The number of anilines is 1. The maximum atomic E-state index is 12.2. The van der Waals surface area contributed by atoms with E-state index in [4.69, 9.17) is 0 Å². The van der Waals surface area contributed by atoms with Crippen molar-refractivity contribution in [3.8, 4) is 0 Å². The van der Waals surface area contributed by atoms with E-state index in [-0.39, 0.29) is 10.1 Å².